The number of allylic oxidation sites excluding steroid dienone is 4. The molecule has 0 unspecified atom stereocenters. The third kappa shape index (κ3) is 3.48. The molecule has 1 aliphatic rings. The molecule has 0 saturated carbocycles. The van der Waals surface area contributed by atoms with Crippen molar-refractivity contribution in [1.82, 2.24) is 0 Å². The highest BCUT2D eigenvalue weighted by molar-refractivity contribution is 5.22. The van der Waals surface area contributed by atoms with E-state index in [0.29, 0.717) is 18.8 Å². The molecule has 0 fully saturated rings. The van der Waals surface area contributed by atoms with Crippen LogP contribution >= 0.6 is 0 Å². The van der Waals surface area contributed by atoms with E-state index in [1.165, 1.54) is 0 Å². The van der Waals surface area contributed by atoms with Gasteiger partial charge in [0.2, 0.25) is 0 Å². The van der Waals surface area contributed by atoms with E-state index in [9.17, 15) is 8.78 Å². The average molecular weight is 202 g/mol. The fraction of sp³-hybridized carbons (Fsp3) is 0.636. The summed E-state index contributed by atoms with van der Waals surface area (Å²) in [5, 5.41) is 0. The van der Waals surface area contributed by atoms with Gasteiger partial charge in [-0.3, -0.25) is 0 Å². The maximum atomic E-state index is 13.0. The molecular weight excluding hydrogens is 186 g/mol. The molecule has 1 nitrogen and oxygen atoms in total. The molecular formula is C11H16F2O. The molecule has 0 saturated heterocycles. The Morgan fingerprint density at radius 1 is 1.29 bits per heavy atom. The van der Waals surface area contributed by atoms with Gasteiger partial charge >= 0.3 is 0 Å². The summed E-state index contributed by atoms with van der Waals surface area (Å²) in [7, 11) is 0. The number of halogens is 2. The number of unbranched alkanes of at least 4 members (excludes halogenated alkanes) is 2. The molecule has 14 heavy (non-hydrogen) atoms. The lowest BCUT2D eigenvalue weighted by Gasteiger charge is -2.13. The lowest BCUT2D eigenvalue weighted by atomic mass is 10.1. The van der Waals surface area contributed by atoms with Gasteiger partial charge in [0, 0.05) is 18.9 Å². The Kier molecular flexibility index (Phi) is 4.63. The summed E-state index contributed by atoms with van der Waals surface area (Å²) in [4.78, 5) is 0. The predicted molar refractivity (Wildman–Crippen MR) is 52.0 cm³/mol. The number of rotatable bonds is 5. The second-order valence-corrected chi connectivity index (χ2v) is 3.42. The molecule has 1 rings (SSSR count). The molecule has 0 N–H and O–H groups in total. The molecule has 1 aliphatic carbocycles. The summed E-state index contributed by atoms with van der Waals surface area (Å²) in [6.07, 6.45) is 4.65. The van der Waals surface area contributed by atoms with Crippen molar-refractivity contribution < 1.29 is 13.5 Å². The summed E-state index contributed by atoms with van der Waals surface area (Å²) in [6.45, 7) is 2.63. The Labute approximate surface area is 83.4 Å². The minimum Gasteiger partial charge on any atom is -0.495 e. The van der Waals surface area contributed by atoms with E-state index in [-0.39, 0.29) is 6.42 Å². The first-order valence-electron chi connectivity index (χ1n) is 5.11. The molecule has 0 aromatic carbocycles. The molecule has 0 atom stereocenters. The highest BCUT2D eigenvalue weighted by atomic mass is 19.1. The van der Waals surface area contributed by atoms with Crippen LogP contribution in [0.15, 0.2) is 23.5 Å². The minimum absolute atomic E-state index is 0.260. The number of ether oxygens (including phenoxy) is 1. The van der Waals surface area contributed by atoms with Crippen LogP contribution < -0.4 is 0 Å². The molecule has 0 spiro atoms. The van der Waals surface area contributed by atoms with Crippen LogP contribution in [-0.4, -0.2) is 6.61 Å². The van der Waals surface area contributed by atoms with E-state index < -0.39 is 11.7 Å². The third-order valence-electron chi connectivity index (χ3n) is 2.16. The fourth-order valence-electron chi connectivity index (χ4n) is 1.33. The zero-order valence-electron chi connectivity index (χ0n) is 8.48. The minimum atomic E-state index is -0.551. The first-order chi connectivity index (χ1) is 6.74. The predicted octanol–water partition coefficient (Wildman–Crippen LogP) is 4.02. The summed E-state index contributed by atoms with van der Waals surface area (Å²) in [6, 6.07) is 0. The summed E-state index contributed by atoms with van der Waals surface area (Å²) in [5.74, 6) is -0.642. The van der Waals surface area contributed by atoms with Crippen LogP contribution in [0.5, 0.6) is 0 Å². The largest absolute Gasteiger partial charge is 0.495 e. The molecule has 0 amide bonds. The topological polar surface area (TPSA) is 9.23 Å². The molecule has 80 valence electrons. The third-order valence-corrected chi connectivity index (χ3v) is 2.16. The highest BCUT2D eigenvalue weighted by Crippen LogP contribution is 2.26. The first-order valence-corrected chi connectivity index (χ1v) is 5.11. The molecule has 0 aromatic rings. The van der Waals surface area contributed by atoms with Gasteiger partial charge in [-0.2, -0.15) is 0 Å². The Hall–Kier alpha value is -0.860. The Balaban J connectivity index is 2.33. The van der Waals surface area contributed by atoms with E-state index in [4.69, 9.17) is 4.74 Å². The fourth-order valence-corrected chi connectivity index (χ4v) is 1.33. The molecule has 0 heterocycles. The van der Waals surface area contributed by atoms with Crippen LogP contribution in [0.4, 0.5) is 8.78 Å². The van der Waals surface area contributed by atoms with Crippen molar-refractivity contribution >= 4 is 0 Å². The lowest BCUT2D eigenvalue weighted by molar-refractivity contribution is 0.184. The zero-order valence-corrected chi connectivity index (χ0v) is 8.48. The van der Waals surface area contributed by atoms with Crippen LogP contribution in [-0.2, 0) is 4.74 Å². The van der Waals surface area contributed by atoms with Crippen LogP contribution in [0.2, 0.25) is 0 Å². The van der Waals surface area contributed by atoms with Crippen molar-refractivity contribution in [2.45, 2.75) is 39.0 Å². The number of hydrogen-bond acceptors (Lipinski definition) is 1. The van der Waals surface area contributed by atoms with Crippen LogP contribution in [0.25, 0.3) is 0 Å². The van der Waals surface area contributed by atoms with Crippen molar-refractivity contribution in [2.75, 3.05) is 6.61 Å². The lowest BCUT2D eigenvalue weighted by Crippen LogP contribution is -2.01. The van der Waals surface area contributed by atoms with Gasteiger partial charge in [-0.05, 0) is 6.42 Å². The van der Waals surface area contributed by atoms with Crippen LogP contribution in [0.3, 0.4) is 0 Å². The molecule has 0 bridgehead atoms. The monoisotopic (exact) mass is 202 g/mol. The van der Waals surface area contributed by atoms with E-state index in [2.05, 4.69) is 6.92 Å². The average Bonchev–Trinajstić information content (AvgIpc) is 2.15. The number of hydrogen-bond donors (Lipinski definition) is 0. The van der Waals surface area contributed by atoms with Crippen molar-refractivity contribution in [3.63, 3.8) is 0 Å². The first kappa shape index (κ1) is 11.2. The molecule has 0 radical (unpaired) electrons. The van der Waals surface area contributed by atoms with Crippen LogP contribution in [0, 0.1) is 0 Å². The van der Waals surface area contributed by atoms with Gasteiger partial charge in [0.05, 0.1) is 6.61 Å². The Bertz CT molecular complexity index is 244. The van der Waals surface area contributed by atoms with Gasteiger partial charge in [-0.1, -0.05) is 19.8 Å². The van der Waals surface area contributed by atoms with Gasteiger partial charge in [0.1, 0.15) is 11.6 Å². The van der Waals surface area contributed by atoms with Gasteiger partial charge in [-0.25, -0.2) is 8.78 Å². The molecule has 3 heteroatoms. The van der Waals surface area contributed by atoms with Gasteiger partial charge in [0.15, 0.2) is 5.83 Å². The smallest absolute Gasteiger partial charge is 0.163 e. The Morgan fingerprint density at radius 3 is 2.71 bits per heavy atom. The molecule has 0 aliphatic heterocycles. The van der Waals surface area contributed by atoms with Crippen molar-refractivity contribution in [2.24, 2.45) is 0 Å². The zero-order chi connectivity index (χ0) is 10.4. The van der Waals surface area contributed by atoms with Gasteiger partial charge in [-0.15, -0.1) is 0 Å². The van der Waals surface area contributed by atoms with E-state index in [1.807, 2.05) is 0 Å². The van der Waals surface area contributed by atoms with E-state index in [0.717, 1.165) is 25.3 Å². The van der Waals surface area contributed by atoms with Crippen molar-refractivity contribution in [3.05, 3.63) is 23.5 Å². The van der Waals surface area contributed by atoms with Gasteiger partial charge in [0.25, 0.3) is 0 Å². The quantitative estimate of drug-likeness (QED) is 0.612. The summed E-state index contributed by atoms with van der Waals surface area (Å²) >= 11 is 0. The standard InChI is InChI=1S/C11H16F2O/c1-2-3-4-7-14-11-6-5-9(12)8-10(11)13/h8H,2-7H2,1H3. The maximum absolute atomic E-state index is 13.0. The Morgan fingerprint density at radius 2 is 2.07 bits per heavy atom. The molecule has 0 aromatic heterocycles. The normalized spacial score (nSPS) is 16.9. The van der Waals surface area contributed by atoms with Crippen LogP contribution in [0.1, 0.15) is 39.0 Å². The van der Waals surface area contributed by atoms with E-state index in [1.54, 1.807) is 0 Å². The van der Waals surface area contributed by atoms with Crippen molar-refractivity contribution in [3.8, 4) is 0 Å². The summed E-state index contributed by atoms with van der Waals surface area (Å²) < 4.78 is 30.9. The highest BCUT2D eigenvalue weighted by Gasteiger charge is 2.14. The van der Waals surface area contributed by atoms with Gasteiger partial charge < -0.3 is 4.74 Å². The second kappa shape index (κ2) is 5.78. The van der Waals surface area contributed by atoms with Crippen molar-refractivity contribution in [1.29, 1.82) is 0 Å². The SMILES string of the molecule is CCCCCOC1=C(F)C=C(F)CC1. The second-order valence-electron chi connectivity index (χ2n) is 3.42. The van der Waals surface area contributed by atoms with E-state index >= 15 is 0 Å². The summed E-state index contributed by atoms with van der Waals surface area (Å²) in [5.41, 5.74) is 0. The maximum Gasteiger partial charge on any atom is 0.163 e.